The highest BCUT2D eigenvalue weighted by Crippen LogP contribution is 2.23. The maximum absolute atomic E-state index is 12.6. The number of anilines is 1. The van der Waals surface area contributed by atoms with Gasteiger partial charge in [0, 0.05) is 18.4 Å². The number of carbonyl (C=O) groups excluding carboxylic acids is 1. The van der Waals surface area contributed by atoms with Crippen LogP contribution in [0.5, 0.6) is 11.5 Å². The third-order valence-corrected chi connectivity index (χ3v) is 5.09. The lowest BCUT2D eigenvalue weighted by Crippen LogP contribution is -2.27. The zero-order valence-corrected chi connectivity index (χ0v) is 18.6. The van der Waals surface area contributed by atoms with E-state index < -0.39 is 0 Å². The molecular formula is C24H30N4O3. The van der Waals surface area contributed by atoms with E-state index in [2.05, 4.69) is 29.2 Å². The van der Waals surface area contributed by atoms with Crippen LogP contribution in [0.4, 0.5) is 5.69 Å². The van der Waals surface area contributed by atoms with Gasteiger partial charge in [0.25, 0.3) is 5.91 Å². The Morgan fingerprint density at radius 2 is 1.84 bits per heavy atom. The van der Waals surface area contributed by atoms with Crippen molar-refractivity contribution in [2.24, 2.45) is 0 Å². The van der Waals surface area contributed by atoms with E-state index in [9.17, 15) is 4.79 Å². The quantitative estimate of drug-likeness (QED) is 0.531. The largest absolute Gasteiger partial charge is 0.494 e. The highest BCUT2D eigenvalue weighted by Gasteiger charge is 2.13. The van der Waals surface area contributed by atoms with E-state index in [0.29, 0.717) is 23.7 Å². The molecule has 0 aliphatic carbocycles. The van der Waals surface area contributed by atoms with Crippen molar-refractivity contribution >= 4 is 11.6 Å². The number of benzene rings is 2. The third kappa shape index (κ3) is 5.86. The number of carbonyl (C=O) groups is 1. The van der Waals surface area contributed by atoms with Gasteiger partial charge in [-0.25, -0.2) is 4.68 Å². The summed E-state index contributed by atoms with van der Waals surface area (Å²) in [5, 5.41) is 7.29. The second kappa shape index (κ2) is 10.6. The van der Waals surface area contributed by atoms with Crippen LogP contribution in [0.2, 0.25) is 0 Å². The van der Waals surface area contributed by atoms with Crippen LogP contribution in [0.3, 0.4) is 0 Å². The molecule has 0 aliphatic rings. The molecule has 0 bridgehead atoms. The van der Waals surface area contributed by atoms with Crippen molar-refractivity contribution in [2.45, 2.75) is 20.8 Å². The van der Waals surface area contributed by atoms with Gasteiger partial charge in [-0.2, -0.15) is 5.10 Å². The zero-order valence-electron chi connectivity index (χ0n) is 18.6. The Morgan fingerprint density at radius 1 is 1.10 bits per heavy atom. The summed E-state index contributed by atoms with van der Waals surface area (Å²) in [4.78, 5) is 14.9. The van der Waals surface area contributed by atoms with E-state index in [1.165, 1.54) is 0 Å². The van der Waals surface area contributed by atoms with Crippen LogP contribution in [-0.2, 0) is 0 Å². The Bertz CT molecular complexity index is 994. The standard InChI is InChI=1S/C24H30N4O3/c1-5-27(6-2)15-16-31-20-10-8-19(9-11-20)25-24(29)21-13-14-28(26-21)22-17-18(3)7-12-23(22)30-4/h7-14,17H,5-6,15-16H2,1-4H3,(H,25,29). The molecule has 7 heteroatoms. The number of ether oxygens (including phenoxy) is 2. The van der Waals surface area contributed by atoms with Gasteiger partial charge in [0.1, 0.15) is 23.8 Å². The number of hydrogen-bond donors (Lipinski definition) is 1. The van der Waals surface area contributed by atoms with Crippen molar-refractivity contribution in [3.8, 4) is 17.2 Å². The summed E-state index contributed by atoms with van der Waals surface area (Å²) in [6.07, 6.45) is 1.75. The summed E-state index contributed by atoms with van der Waals surface area (Å²) >= 11 is 0. The van der Waals surface area contributed by atoms with Crippen molar-refractivity contribution in [3.63, 3.8) is 0 Å². The predicted molar refractivity (Wildman–Crippen MR) is 123 cm³/mol. The molecule has 0 radical (unpaired) electrons. The molecule has 0 atom stereocenters. The first-order valence-corrected chi connectivity index (χ1v) is 10.5. The molecule has 0 spiro atoms. The van der Waals surface area contributed by atoms with Crippen molar-refractivity contribution in [2.75, 3.05) is 38.7 Å². The van der Waals surface area contributed by atoms with E-state index in [1.54, 1.807) is 24.1 Å². The third-order valence-electron chi connectivity index (χ3n) is 5.09. The van der Waals surface area contributed by atoms with Crippen LogP contribution in [0.15, 0.2) is 54.7 Å². The Labute approximate surface area is 183 Å². The molecular weight excluding hydrogens is 392 g/mol. The van der Waals surface area contributed by atoms with Gasteiger partial charge in [0.05, 0.1) is 7.11 Å². The van der Waals surface area contributed by atoms with Gasteiger partial charge >= 0.3 is 0 Å². The molecule has 0 saturated carbocycles. The van der Waals surface area contributed by atoms with E-state index in [0.717, 1.165) is 36.6 Å². The summed E-state index contributed by atoms with van der Waals surface area (Å²) < 4.78 is 12.8. The number of amides is 1. The zero-order chi connectivity index (χ0) is 22.2. The van der Waals surface area contributed by atoms with E-state index in [1.807, 2.05) is 49.4 Å². The number of aryl methyl sites for hydroxylation is 1. The number of methoxy groups -OCH3 is 1. The number of nitrogens with zero attached hydrogens (tertiary/aromatic N) is 3. The lowest BCUT2D eigenvalue weighted by Gasteiger charge is -2.18. The van der Waals surface area contributed by atoms with Gasteiger partial charge in [-0.15, -0.1) is 0 Å². The molecule has 0 unspecified atom stereocenters. The minimum absolute atomic E-state index is 0.277. The predicted octanol–water partition coefficient (Wildman–Crippen LogP) is 4.16. The van der Waals surface area contributed by atoms with Crippen LogP contribution in [-0.4, -0.2) is 53.9 Å². The van der Waals surface area contributed by atoms with Crippen molar-refractivity contribution < 1.29 is 14.3 Å². The highest BCUT2D eigenvalue weighted by molar-refractivity contribution is 6.02. The molecule has 3 aromatic rings. The summed E-state index contributed by atoms with van der Waals surface area (Å²) in [6, 6.07) is 14.9. The second-order valence-corrected chi connectivity index (χ2v) is 7.17. The Hall–Kier alpha value is -3.32. The van der Waals surface area contributed by atoms with Crippen molar-refractivity contribution in [1.82, 2.24) is 14.7 Å². The Balaban J connectivity index is 1.60. The summed E-state index contributed by atoms with van der Waals surface area (Å²) in [5.41, 5.74) is 2.87. The molecule has 1 N–H and O–H groups in total. The van der Waals surface area contributed by atoms with Gasteiger partial charge in [0.2, 0.25) is 0 Å². The first-order chi connectivity index (χ1) is 15.0. The fourth-order valence-corrected chi connectivity index (χ4v) is 3.22. The Kier molecular flexibility index (Phi) is 7.67. The molecule has 0 aliphatic heterocycles. The minimum atomic E-state index is -0.277. The maximum Gasteiger partial charge on any atom is 0.276 e. The van der Waals surface area contributed by atoms with Crippen LogP contribution < -0.4 is 14.8 Å². The summed E-state index contributed by atoms with van der Waals surface area (Å²) in [7, 11) is 1.61. The first kappa shape index (κ1) is 22.4. The van der Waals surface area contributed by atoms with Gasteiger partial charge in [-0.05, 0) is 68.0 Å². The summed E-state index contributed by atoms with van der Waals surface area (Å²) in [5.74, 6) is 1.19. The molecule has 3 rings (SSSR count). The average molecular weight is 423 g/mol. The van der Waals surface area contributed by atoms with E-state index >= 15 is 0 Å². The van der Waals surface area contributed by atoms with Crippen LogP contribution in [0.25, 0.3) is 5.69 Å². The smallest absolute Gasteiger partial charge is 0.276 e. The minimum Gasteiger partial charge on any atom is -0.494 e. The molecule has 1 aromatic heterocycles. The van der Waals surface area contributed by atoms with Gasteiger partial charge in [-0.3, -0.25) is 4.79 Å². The van der Waals surface area contributed by atoms with Gasteiger partial charge < -0.3 is 19.7 Å². The van der Waals surface area contributed by atoms with Crippen molar-refractivity contribution in [1.29, 1.82) is 0 Å². The number of hydrogen-bond acceptors (Lipinski definition) is 5. The van der Waals surface area contributed by atoms with E-state index in [-0.39, 0.29) is 5.91 Å². The first-order valence-electron chi connectivity index (χ1n) is 10.5. The lowest BCUT2D eigenvalue weighted by molar-refractivity contribution is 0.102. The second-order valence-electron chi connectivity index (χ2n) is 7.17. The highest BCUT2D eigenvalue weighted by atomic mass is 16.5. The fourth-order valence-electron chi connectivity index (χ4n) is 3.22. The molecule has 1 heterocycles. The van der Waals surface area contributed by atoms with Crippen molar-refractivity contribution in [3.05, 3.63) is 66.0 Å². The average Bonchev–Trinajstić information content (AvgIpc) is 3.28. The van der Waals surface area contributed by atoms with Gasteiger partial charge in [0.15, 0.2) is 5.69 Å². The molecule has 31 heavy (non-hydrogen) atoms. The number of likely N-dealkylation sites (N-methyl/N-ethyl adjacent to an activating group) is 1. The monoisotopic (exact) mass is 422 g/mol. The number of rotatable bonds is 10. The molecule has 1 amide bonds. The van der Waals surface area contributed by atoms with Crippen LogP contribution in [0.1, 0.15) is 29.9 Å². The Morgan fingerprint density at radius 3 is 2.52 bits per heavy atom. The van der Waals surface area contributed by atoms with E-state index in [4.69, 9.17) is 9.47 Å². The molecule has 0 fully saturated rings. The molecule has 0 saturated heterocycles. The molecule has 2 aromatic carbocycles. The van der Waals surface area contributed by atoms with Crippen LogP contribution in [0, 0.1) is 6.92 Å². The fraction of sp³-hybridized carbons (Fsp3) is 0.333. The maximum atomic E-state index is 12.6. The van der Waals surface area contributed by atoms with Crippen LogP contribution >= 0.6 is 0 Å². The van der Waals surface area contributed by atoms with Gasteiger partial charge in [-0.1, -0.05) is 19.9 Å². The summed E-state index contributed by atoms with van der Waals surface area (Å²) in [6.45, 7) is 9.82. The molecule has 164 valence electrons. The SMILES string of the molecule is CCN(CC)CCOc1ccc(NC(=O)c2ccn(-c3cc(C)ccc3OC)n2)cc1. The molecule has 7 nitrogen and oxygen atoms in total. The normalized spacial score (nSPS) is 10.9. The topological polar surface area (TPSA) is 68.6 Å². The lowest BCUT2D eigenvalue weighted by atomic mass is 10.2. The number of aromatic nitrogens is 2. The number of nitrogens with one attached hydrogen (secondary N) is 1.